The highest BCUT2D eigenvalue weighted by Crippen LogP contribution is 2.31. The smallest absolute Gasteiger partial charge is 0.416 e. The quantitative estimate of drug-likeness (QED) is 0.774. The van der Waals surface area contributed by atoms with E-state index in [2.05, 4.69) is 15.3 Å². The minimum atomic E-state index is -4.35. The summed E-state index contributed by atoms with van der Waals surface area (Å²) in [5, 5.41) is 2.91. The molecule has 112 valence electrons. The Labute approximate surface area is 123 Å². The lowest BCUT2D eigenvalue weighted by molar-refractivity contribution is -0.137. The molecule has 7 heteroatoms. The zero-order valence-corrected chi connectivity index (χ0v) is 11.1. The zero-order chi connectivity index (χ0) is 15.6. The summed E-state index contributed by atoms with van der Waals surface area (Å²) in [7, 11) is 0. The van der Waals surface area contributed by atoms with Gasteiger partial charge in [-0.05, 0) is 24.3 Å². The van der Waals surface area contributed by atoms with Crippen molar-refractivity contribution in [1.29, 1.82) is 0 Å². The first kappa shape index (κ1) is 14.1. The number of benzene rings is 1. The van der Waals surface area contributed by atoms with Gasteiger partial charge in [-0.25, -0.2) is 4.98 Å². The number of oxazole rings is 1. The molecule has 0 aliphatic heterocycles. The molecule has 0 saturated heterocycles. The molecule has 0 aliphatic rings. The Balaban J connectivity index is 1.79. The van der Waals surface area contributed by atoms with Crippen LogP contribution in [0.3, 0.4) is 0 Å². The van der Waals surface area contributed by atoms with E-state index in [-0.39, 0.29) is 6.01 Å². The molecule has 0 atom stereocenters. The fraction of sp³-hybridized carbons (Fsp3) is 0.0667. The van der Waals surface area contributed by atoms with Crippen LogP contribution in [0.5, 0.6) is 0 Å². The first-order valence-corrected chi connectivity index (χ1v) is 6.33. The molecule has 3 aromatic rings. The number of hydrogen-bond acceptors (Lipinski definition) is 4. The number of halogens is 3. The van der Waals surface area contributed by atoms with Gasteiger partial charge in [0, 0.05) is 11.8 Å². The van der Waals surface area contributed by atoms with E-state index in [9.17, 15) is 13.2 Å². The van der Waals surface area contributed by atoms with Gasteiger partial charge >= 0.3 is 6.18 Å². The molecule has 2 heterocycles. The van der Waals surface area contributed by atoms with Crippen LogP contribution in [-0.4, -0.2) is 9.97 Å². The Morgan fingerprint density at radius 2 is 1.77 bits per heavy atom. The fourth-order valence-corrected chi connectivity index (χ4v) is 1.85. The summed E-state index contributed by atoms with van der Waals surface area (Å²) in [6, 6.07) is 8.48. The van der Waals surface area contributed by atoms with Crippen LogP contribution in [0.1, 0.15) is 5.56 Å². The average Bonchev–Trinajstić information content (AvgIpc) is 2.96. The summed E-state index contributed by atoms with van der Waals surface area (Å²) < 4.78 is 43.0. The van der Waals surface area contributed by atoms with Crippen LogP contribution in [0.4, 0.5) is 24.9 Å². The van der Waals surface area contributed by atoms with Crippen molar-refractivity contribution >= 4 is 11.7 Å². The molecule has 0 spiro atoms. The number of aromatic nitrogens is 2. The maximum atomic E-state index is 12.5. The molecule has 4 nitrogen and oxygen atoms in total. The van der Waals surface area contributed by atoms with E-state index in [1.807, 2.05) is 0 Å². The molecule has 0 saturated carbocycles. The van der Waals surface area contributed by atoms with Crippen LogP contribution in [0.15, 0.2) is 59.4 Å². The number of nitrogens with zero attached hydrogens (tertiary/aromatic N) is 2. The minimum absolute atomic E-state index is 0.239. The molecule has 2 aromatic heterocycles. The molecule has 3 rings (SSSR count). The number of anilines is 2. The van der Waals surface area contributed by atoms with Crippen LogP contribution in [0.2, 0.25) is 0 Å². The van der Waals surface area contributed by atoms with Gasteiger partial charge in [-0.15, -0.1) is 0 Å². The number of hydrogen-bond donors (Lipinski definition) is 1. The Hall–Kier alpha value is -2.83. The van der Waals surface area contributed by atoms with Crippen LogP contribution >= 0.6 is 0 Å². The summed E-state index contributed by atoms with van der Waals surface area (Å²) >= 11 is 0. The van der Waals surface area contributed by atoms with Gasteiger partial charge in [0.15, 0.2) is 5.76 Å². The topological polar surface area (TPSA) is 51.0 Å². The number of pyridine rings is 1. The lowest BCUT2D eigenvalue weighted by Crippen LogP contribution is -2.03. The third-order valence-corrected chi connectivity index (χ3v) is 2.92. The van der Waals surface area contributed by atoms with E-state index in [1.165, 1.54) is 18.3 Å². The van der Waals surface area contributed by atoms with Crippen molar-refractivity contribution in [2.45, 2.75) is 6.18 Å². The molecular weight excluding hydrogens is 295 g/mol. The van der Waals surface area contributed by atoms with Crippen molar-refractivity contribution < 1.29 is 17.6 Å². The standard InChI is InChI=1S/C15H10F3N3O/c16-15(17,18)11-5-3-10(4-6-11)13-9-20-14(22-13)21-12-2-1-7-19-8-12/h1-9H,(H,20,21). The molecule has 0 radical (unpaired) electrons. The molecule has 22 heavy (non-hydrogen) atoms. The fourth-order valence-electron chi connectivity index (χ4n) is 1.85. The lowest BCUT2D eigenvalue weighted by atomic mass is 10.1. The lowest BCUT2D eigenvalue weighted by Gasteiger charge is -2.06. The molecular formula is C15H10F3N3O. The van der Waals surface area contributed by atoms with Gasteiger partial charge in [0.1, 0.15) is 0 Å². The SMILES string of the molecule is FC(F)(F)c1ccc(-c2cnc(Nc3cccnc3)o2)cc1. The van der Waals surface area contributed by atoms with E-state index < -0.39 is 11.7 Å². The highest BCUT2D eigenvalue weighted by atomic mass is 19.4. The van der Waals surface area contributed by atoms with Gasteiger partial charge < -0.3 is 9.73 Å². The van der Waals surface area contributed by atoms with Crippen molar-refractivity contribution in [3.63, 3.8) is 0 Å². The summed E-state index contributed by atoms with van der Waals surface area (Å²) in [5.74, 6) is 0.375. The van der Waals surface area contributed by atoms with Crippen LogP contribution in [0, 0.1) is 0 Å². The largest absolute Gasteiger partial charge is 0.423 e. The Morgan fingerprint density at radius 3 is 2.41 bits per heavy atom. The average molecular weight is 305 g/mol. The van der Waals surface area contributed by atoms with Crippen molar-refractivity contribution in [2.75, 3.05) is 5.32 Å². The van der Waals surface area contributed by atoms with E-state index in [0.29, 0.717) is 17.0 Å². The molecule has 0 amide bonds. The number of alkyl halides is 3. The predicted molar refractivity (Wildman–Crippen MR) is 74.5 cm³/mol. The normalized spacial score (nSPS) is 11.4. The summed E-state index contributed by atoms with van der Waals surface area (Å²) in [6.45, 7) is 0. The molecule has 1 N–H and O–H groups in total. The molecule has 0 fully saturated rings. The summed E-state index contributed by atoms with van der Waals surface area (Å²) in [6.07, 6.45) is 0.324. The molecule has 0 aliphatic carbocycles. The summed E-state index contributed by atoms with van der Waals surface area (Å²) in [5.41, 5.74) is 0.507. The Bertz CT molecular complexity index is 752. The van der Waals surface area contributed by atoms with Gasteiger partial charge in [-0.2, -0.15) is 13.2 Å². The number of nitrogens with one attached hydrogen (secondary N) is 1. The minimum Gasteiger partial charge on any atom is -0.423 e. The first-order valence-electron chi connectivity index (χ1n) is 6.33. The third kappa shape index (κ3) is 3.08. The van der Waals surface area contributed by atoms with Crippen LogP contribution in [-0.2, 0) is 6.18 Å². The molecule has 0 bridgehead atoms. The Morgan fingerprint density at radius 1 is 1.00 bits per heavy atom. The van der Waals surface area contributed by atoms with Gasteiger partial charge in [-0.1, -0.05) is 12.1 Å². The van der Waals surface area contributed by atoms with Crippen molar-refractivity contribution in [3.8, 4) is 11.3 Å². The highest BCUT2D eigenvalue weighted by molar-refractivity contribution is 5.59. The van der Waals surface area contributed by atoms with Crippen LogP contribution in [0.25, 0.3) is 11.3 Å². The van der Waals surface area contributed by atoms with E-state index >= 15 is 0 Å². The zero-order valence-electron chi connectivity index (χ0n) is 11.1. The van der Waals surface area contributed by atoms with E-state index in [0.717, 1.165) is 12.1 Å². The summed E-state index contributed by atoms with van der Waals surface area (Å²) in [4.78, 5) is 7.97. The van der Waals surface area contributed by atoms with Gasteiger partial charge in [0.2, 0.25) is 0 Å². The molecule has 0 unspecified atom stereocenters. The monoisotopic (exact) mass is 305 g/mol. The predicted octanol–water partition coefficient (Wildman–Crippen LogP) is 4.50. The van der Waals surface area contributed by atoms with E-state index in [1.54, 1.807) is 24.5 Å². The first-order chi connectivity index (χ1) is 10.5. The van der Waals surface area contributed by atoms with Gasteiger partial charge in [0.05, 0.1) is 23.6 Å². The third-order valence-electron chi connectivity index (χ3n) is 2.92. The second-order valence-corrected chi connectivity index (χ2v) is 4.47. The number of rotatable bonds is 3. The second-order valence-electron chi connectivity index (χ2n) is 4.47. The van der Waals surface area contributed by atoms with Gasteiger partial charge in [0.25, 0.3) is 6.01 Å². The van der Waals surface area contributed by atoms with Gasteiger partial charge in [-0.3, -0.25) is 4.98 Å². The highest BCUT2D eigenvalue weighted by Gasteiger charge is 2.30. The maximum Gasteiger partial charge on any atom is 0.416 e. The van der Waals surface area contributed by atoms with Crippen LogP contribution < -0.4 is 5.32 Å². The molecule has 1 aromatic carbocycles. The van der Waals surface area contributed by atoms with Crippen molar-refractivity contribution in [1.82, 2.24) is 9.97 Å². The second kappa shape index (κ2) is 5.51. The van der Waals surface area contributed by atoms with Crippen molar-refractivity contribution in [2.24, 2.45) is 0 Å². The maximum absolute atomic E-state index is 12.5. The van der Waals surface area contributed by atoms with Crippen molar-refractivity contribution in [3.05, 3.63) is 60.6 Å². The Kier molecular flexibility index (Phi) is 3.54. The van der Waals surface area contributed by atoms with E-state index in [4.69, 9.17) is 4.42 Å².